The number of halogens is 3. The van der Waals surface area contributed by atoms with Crippen LogP contribution in [0.2, 0.25) is 0 Å². The number of carbonyl (C=O) groups is 1. The lowest BCUT2D eigenvalue weighted by Crippen LogP contribution is -2.47. The lowest BCUT2D eigenvalue weighted by atomic mass is 9.98. The number of aliphatic imine (C=N–C) groups is 1. The molecule has 2 rings (SSSR count). The van der Waals surface area contributed by atoms with Crippen LogP contribution in [0, 0.1) is 5.92 Å². The second-order valence-electron chi connectivity index (χ2n) is 6.23. The van der Waals surface area contributed by atoms with Gasteiger partial charge in [0.1, 0.15) is 5.76 Å². The molecular formula is C15H22F3N5O4S. The third kappa shape index (κ3) is 5.38. The summed E-state index contributed by atoms with van der Waals surface area (Å²) < 4.78 is 66.3. The molecule has 0 aromatic carbocycles. The van der Waals surface area contributed by atoms with E-state index in [2.05, 4.69) is 15.6 Å². The summed E-state index contributed by atoms with van der Waals surface area (Å²) in [6.45, 7) is 0.310. The van der Waals surface area contributed by atoms with Gasteiger partial charge in [0.25, 0.3) is 5.91 Å². The highest BCUT2D eigenvalue weighted by atomic mass is 32.2. The van der Waals surface area contributed by atoms with E-state index in [1.165, 1.54) is 6.07 Å². The highest BCUT2D eigenvalue weighted by molar-refractivity contribution is 7.90. The van der Waals surface area contributed by atoms with Crippen LogP contribution < -0.4 is 16.4 Å². The Morgan fingerprint density at radius 1 is 1.32 bits per heavy atom. The highest BCUT2D eigenvalue weighted by Gasteiger charge is 2.50. The third-order valence-corrected chi connectivity index (χ3v) is 5.95. The van der Waals surface area contributed by atoms with Crippen molar-refractivity contribution in [2.45, 2.75) is 24.9 Å². The number of amides is 1. The smallest absolute Gasteiger partial charge is 0.454 e. The maximum Gasteiger partial charge on any atom is 0.511 e. The van der Waals surface area contributed by atoms with E-state index in [1.54, 1.807) is 13.1 Å². The number of hydrogen-bond acceptors (Lipinski definition) is 5. The van der Waals surface area contributed by atoms with Gasteiger partial charge in [-0.2, -0.15) is 17.5 Å². The van der Waals surface area contributed by atoms with Crippen LogP contribution in [0.3, 0.4) is 0 Å². The van der Waals surface area contributed by atoms with Gasteiger partial charge in [0, 0.05) is 26.7 Å². The lowest BCUT2D eigenvalue weighted by Gasteiger charge is -2.31. The molecule has 0 aliphatic carbocycles. The summed E-state index contributed by atoms with van der Waals surface area (Å²) in [4.78, 5) is 15.0. The average molecular weight is 425 g/mol. The molecule has 13 heteroatoms. The van der Waals surface area contributed by atoms with Crippen LogP contribution in [0.4, 0.5) is 13.2 Å². The van der Waals surface area contributed by atoms with Crippen molar-refractivity contribution in [1.82, 2.24) is 14.9 Å². The Morgan fingerprint density at radius 3 is 2.46 bits per heavy atom. The standard InChI is InChI=1S/C15H22F3N5O4S/c1-20-14(22-9-11-2-3-12(27-11)13(19)24)21-8-10-4-6-23(7-5-10)28(25,26)15(16,17)18/h2-3,10H,4-9H2,1H3,(H2,19,24)(H2,20,21,22). The summed E-state index contributed by atoms with van der Waals surface area (Å²) in [6.07, 6.45) is 0.610. The number of piperidine rings is 1. The number of sulfonamides is 1. The number of hydrogen-bond donors (Lipinski definition) is 3. The molecule has 0 bridgehead atoms. The number of nitrogens with two attached hydrogens (primary N) is 1. The predicted octanol–water partition coefficient (Wildman–Crippen LogP) is 0.605. The summed E-state index contributed by atoms with van der Waals surface area (Å²) in [6, 6.07) is 3.05. The van der Waals surface area contributed by atoms with Crippen molar-refractivity contribution < 1.29 is 30.8 Å². The number of nitrogens with one attached hydrogen (secondary N) is 2. The number of carbonyl (C=O) groups excluding carboxylic acids is 1. The minimum Gasteiger partial charge on any atom is -0.454 e. The number of alkyl halides is 3. The molecule has 158 valence electrons. The number of rotatable bonds is 6. The average Bonchev–Trinajstić information content (AvgIpc) is 3.10. The number of furan rings is 1. The van der Waals surface area contributed by atoms with Crippen LogP contribution >= 0.6 is 0 Å². The monoisotopic (exact) mass is 425 g/mol. The van der Waals surface area contributed by atoms with Gasteiger partial charge < -0.3 is 20.8 Å². The van der Waals surface area contributed by atoms with E-state index in [0.717, 1.165) is 0 Å². The van der Waals surface area contributed by atoms with Gasteiger partial charge in [0.15, 0.2) is 11.7 Å². The third-order valence-electron chi connectivity index (χ3n) is 4.32. The molecule has 1 aliphatic rings. The number of nitrogens with zero attached hydrogens (tertiary/aromatic N) is 2. The molecule has 9 nitrogen and oxygen atoms in total. The van der Waals surface area contributed by atoms with Crippen LogP contribution in [0.15, 0.2) is 21.5 Å². The summed E-state index contributed by atoms with van der Waals surface area (Å²) >= 11 is 0. The fourth-order valence-corrected chi connectivity index (χ4v) is 3.72. The van der Waals surface area contributed by atoms with Crippen molar-refractivity contribution >= 4 is 21.9 Å². The van der Waals surface area contributed by atoms with Crippen molar-refractivity contribution in [3.8, 4) is 0 Å². The van der Waals surface area contributed by atoms with E-state index in [0.29, 0.717) is 35.4 Å². The molecule has 1 saturated heterocycles. The highest BCUT2D eigenvalue weighted by Crippen LogP contribution is 2.30. The van der Waals surface area contributed by atoms with Crippen molar-refractivity contribution in [2.24, 2.45) is 16.6 Å². The summed E-state index contributed by atoms with van der Waals surface area (Å²) in [5.74, 6) is 0.279. The second kappa shape index (κ2) is 8.82. The second-order valence-corrected chi connectivity index (χ2v) is 8.16. The Labute approximate surface area is 160 Å². The molecule has 4 N–H and O–H groups in total. The fraction of sp³-hybridized carbons (Fsp3) is 0.600. The topological polar surface area (TPSA) is 130 Å². The molecule has 2 heterocycles. The zero-order valence-electron chi connectivity index (χ0n) is 15.1. The Kier molecular flexibility index (Phi) is 6.93. The largest absolute Gasteiger partial charge is 0.511 e. The van der Waals surface area contributed by atoms with Crippen LogP contribution in [0.5, 0.6) is 0 Å². The molecule has 0 saturated carbocycles. The summed E-state index contributed by atoms with van der Waals surface area (Å²) in [5.41, 5.74) is -0.166. The van der Waals surface area contributed by atoms with E-state index >= 15 is 0 Å². The molecule has 1 aromatic rings. The first-order chi connectivity index (χ1) is 13.0. The first-order valence-corrected chi connectivity index (χ1v) is 9.88. The molecular weight excluding hydrogens is 403 g/mol. The van der Waals surface area contributed by atoms with Gasteiger partial charge in [0.05, 0.1) is 6.54 Å². The van der Waals surface area contributed by atoms with Crippen molar-refractivity contribution in [3.05, 3.63) is 23.7 Å². The Hall–Kier alpha value is -2.28. The fourth-order valence-electron chi connectivity index (χ4n) is 2.74. The first kappa shape index (κ1) is 22.0. The lowest BCUT2D eigenvalue weighted by molar-refractivity contribution is -0.0496. The molecule has 0 radical (unpaired) electrons. The molecule has 0 spiro atoms. The molecule has 0 unspecified atom stereocenters. The van der Waals surface area contributed by atoms with E-state index in [4.69, 9.17) is 10.2 Å². The summed E-state index contributed by atoms with van der Waals surface area (Å²) in [7, 11) is -3.72. The van der Waals surface area contributed by atoms with Gasteiger partial charge in [-0.15, -0.1) is 0 Å². The summed E-state index contributed by atoms with van der Waals surface area (Å²) in [5, 5.41) is 6.01. The molecule has 28 heavy (non-hydrogen) atoms. The van der Waals surface area contributed by atoms with Crippen LogP contribution in [0.1, 0.15) is 29.2 Å². The molecule has 1 fully saturated rings. The van der Waals surface area contributed by atoms with E-state index < -0.39 is 21.4 Å². The molecule has 1 aromatic heterocycles. The predicted molar refractivity (Wildman–Crippen MR) is 94.7 cm³/mol. The van der Waals surface area contributed by atoms with Gasteiger partial charge >= 0.3 is 15.5 Å². The maximum absolute atomic E-state index is 12.6. The number of primary amides is 1. The quantitative estimate of drug-likeness (QED) is 0.452. The van der Waals surface area contributed by atoms with Crippen LogP contribution in [0.25, 0.3) is 0 Å². The van der Waals surface area contributed by atoms with Crippen LogP contribution in [-0.2, 0) is 16.6 Å². The van der Waals surface area contributed by atoms with Gasteiger partial charge in [-0.3, -0.25) is 9.79 Å². The zero-order valence-corrected chi connectivity index (χ0v) is 15.9. The van der Waals surface area contributed by atoms with Crippen LogP contribution in [-0.4, -0.2) is 56.8 Å². The Morgan fingerprint density at radius 2 is 1.96 bits per heavy atom. The molecule has 1 aliphatic heterocycles. The molecule has 0 atom stereocenters. The number of guanidine groups is 1. The Bertz CT molecular complexity index is 814. The van der Waals surface area contributed by atoms with Gasteiger partial charge in [0.2, 0.25) is 0 Å². The zero-order chi connectivity index (χ0) is 20.9. The van der Waals surface area contributed by atoms with Gasteiger partial charge in [-0.25, -0.2) is 8.42 Å². The van der Waals surface area contributed by atoms with E-state index in [-0.39, 0.29) is 31.3 Å². The van der Waals surface area contributed by atoms with E-state index in [9.17, 15) is 26.4 Å². The maximum atomic E-state index is 12.6. The van der Waals surface area contributed by atoms with Crippen molar-refractivity contribution in [1.29, 1.82) is 0 Å². The van der Waals surface area contributed by atoms with Crippen molar-refractivity contribution in [2.75, 3.05) is 26.7 Å². The normalized spacial score (nSPS) is 17.5. The van der Waals surface area contributed by atoms with Crippen molar-refractivity contribution in [3.63, 3.8) is 0 Å². The van der Waals surface area contributed by atoms with Gasteiger partial charge in [-0.1, -0.05) is 0 Å². The first-order valence-electron chi connectivity index (χ1n) is 8.44. The molecule has 1 amide bonds. The minimum absolute atomic E-state index is 0.00307. The van der Waals surface area contributed by atoms with E-state index in [1.807, 2.05) is 0 Å². The Balaban J connectivity index is 1.78. The SMILES string of the molecule is CN=C(NCc1ccc(C(N)=O)o1)NCC1CCN(S(=O)(=O)C(F)(F)F)CC1. The minimum atomic E-state index is -5.27. The van der Waals surface area contributed by atoms with Gasteiger partial charge in [-0.05, 0) is 30.9 Å².